The van der Waals surface area contributed by atoms with Gasteiger partial charge in [-0.1, -0.05) is 0 Å². The summed E-state index contributed by atoms with van der Waals surface area (Å²) in [6, 6.07) is 0. The third-order valence-electron chi connectivity index (χ3n) is 6.72. The normalized spacial score (nSPS) is 21.6. The van der Waals surface area contributed by atoms with Gasteiger partial charge in [0.25, 0.3) is 5.56 Å². The summed E-state index contributed by atoms with van der Waals surface area (Å²) in [5.41, 5.74) is 1.93. The van der Waals surface area contributed by atoms with Crippen LogP contribution in [-0.2, 0) is 18.8 Å². The number of aryl methyl sites for hydroxylation is 2. The molecule has 1 atom stereocenters. The molecule has 2 fully saturated rings. The third-order valence-corrected chi connectivity index (χ3v) is 6.72. The first-order valence-corrected chi connectivity index (χ1v) is 11.2. The highest BCUT2D eigenvalue weighted by Crippen LogP contribution is 2.42. The molecule has 0 radical (unpaired) electrons. The smallest absolute Gasteiger partial charge is 0.279 e. The Labute approximate surface area is 189 Å². The molecule has 1 saturated heterocycles. The number of nitrogens with zero attached hydrogens (tertiary/aromatic N) is 7. The molecule has 3 aromatic rings. The summed E-state index contributed by atoms with van der Waals surface area (Å²) >= 11 is 0. The summed E-state index contributed by atoms with van der Waals surface area (Å²) in [5, 5.41) is 4.22. The van der Waals surface area contributed by atoms with E-state index in [1.165, 1.54) is 4.57 Å². The second-order valence-corrected chi connectivity index (χ2v) is 9.01. The van der Waals surface area contributed by atoms with Crippen LogP contribution >= 0.6 is 0 Å². The number of halogens is 2. The zero-order chi connectivity index (χ0) is 23.3. The fourth-order valence-corrected chi connectivity index (χ4v) is 4.64. The Balaban J connectivity index is 1.57. The molecule has 9 nitrogen and oxygen atoms in total. The monoisotopic (exact) mass is 459 g/mol. The predicted octanol–water partition coefficient (Wildman–Crippen LogP) is 2.64. The van der Waals surface area contributed by atoms with Gasteiger partial charge in [0.2, 0.25) is 11.9 Å². The van der Waals surface area contributed by atoms with Crippen molar-refractivity contribution in [3.63, 3.8) is 0 Å². The first-order chi connectivity index (χ1) is 15.7. The number of anilines is 1. The van der Waals surface area contributed by atoms with Crippen LogP contribution in [0.15, 0.2) is 17.2 Å². The number of fused-ring (bicyclic) bond motifs is 1. The Morgan fingerprint density at radius 2 is 1.88 bits per heavy atom. The molecule has 0 spiro atoms. The van der Waals surface area contributed by atoms with E-state index >= 15 is 0 Å². The number of ether oxygens (including phenoxy) is 1. The molecule has 11 heteroatoms. The van der Waals surface area contributed by atoms with Gasteiger partial charge in [-0.3, -0.25) is 14.0 Å². The highest BCUT2D eigenvalue weighted by Gasteiger charge is 2.37. The molecule has 5 rings (SSSR count). The van der Waals surface area contributed by atoms with E-state index in [-0.39, 0.29) is 35.9 Å². The van der Waals surface area contributed by atoms with Gasteiger partial charge in [0.05, 0.1) is 25.0 Å². The first-order valence-electron chi connectivity index (χ1n) is 11.2. The molecule has 33 heavy (non-hydrogen) atoms. The second-order valence-electron chi connectivity index (χ2n) is 9.01. The molecule has 0 aromatic carbocycles. The van der Waals surface area contributed by atoms with Gasteiger partial charge < -0.3 is 9.64 Å². The van der Waals surface area contributed by atoms with Gasteiger partial charge in [0.1, 0.15) is 17.4 Å². The fraction of sp³-hybridized carbons (Fsp3) is 0.591. The van der Waals surface area contributed by atoms with E-state index in [1.54, 1.807) is 24.9 Å². The Bertz CT molecular complexity index is 1250. The van der Waals surface area contributed by atoms with Crippen molar-refractivity contribution in [1.29, 1.82) is 0 Å². The maximum atomic E-state index is 13.8. The molecular weight excluding hydrogens is 432 g/mol. The Morgan fingerprint density at radius 1 is 1.12 bits per heavy atom. The molecule has 1 aliphatic carbocycles. The Morgan fingerprint density at radius 3 is 2.58 bits per heavy atom. The highest BCUT2D eigenvalue weighted by molar-refractivity contribution is 5.77. The van der Waals surface area contributed by atoms with Gasteiger partial charge in [-0.05, 0) is 19.8 Å². The van der Waals surface area contributed by atoms with Gasteiger partial charge >= 0.3 is 0 Å². The van der Waals surface area contributed by atoms with Crippen molar-refractivity contribution in [1.82, 2.24) is 29.3 Å². The number of aromatic nitrogens is 6. The molecule has 4 heterocycles. The molecule has 0 unspecified atom stereocenters. The fourth-order valence-electron chi connectivity index (χ4n) is 4.64. The highest BCUT2D eigenvalue weighted by atomic mass is 19.3. The van der Waals surface area contributed by atoms with Gasteiger partial charge in [-0.2, -0.15) is 5.10 Å². The summed E-state index contributed by atoms with van der Waals surface area (Å²) in [5.74, 6) is -1.89. The van der Waals surface area contributed by atoms with Crippen LogP contribution in [0, 0.1) is 6.92 Å². The number of alkyl halides is 2. The minimum absolute atomic E-state index is 0.192. The number of hydrogen-bond acceptors (Lipinski definition) is 7. The van der Waals surface area contributed by atoms with Gasteiger partial charge in [0.15, 0.2) is 5.52 Å². The van der Waals surface area contributed by atoms with Crippen LogP contribution in [0.5, 0.6) is 0 Å². The lowest BCUT2D eigenvalue weighted by molar-refractivity contribution is -0.0384. The van der Waals surface area contributed by atoms with E-state index in [2.05, 4.69) is 15.1 Å². The van der Waals surface area contributed by atoms with Crippen LogP contribution < -0.4 is 10.5 Å². The van der Waals surface area contributed by atoms with Crippen molar-refractivity contribution >= 4 is 17.0 Å². The molecule has 0 amide bonds. The van der Waals surface area contributed by atoms with E-state index in [4.69, 9.17) is 9.72 Å². The molecule has 2 aliphatic rings. The predicted molar refractivity (Wildman–Crippen MR) is 118 cm³/mol. The maximum Gasteiger partial charge on any atom is 0.279 e. The second kappa shape index (κ2) is 8.12. The minimum atomic E-state index is -2.65. The van der Waals surface area contributed by atoms with Crippen molar-refractivity contribution < 1.29 is 13.5 Å². The Hall–Kier alpha value is -2.95. The average Bonchev–Trinajstić information content (AvgIpc) is 3.24. The van der Waals surface area contributed by atoms with Crippen LogP contribution in [0.4, 0.5) is 14.7 Å². The summed E-state index contributed by atoms with van der Waals surface area (Å²) < 4.78 is 36.8. The van der Waals surface area contributed by atoms with Crippen molar-refractivity contribution in [2.45, 2.75) is 50.6 Å². The topological polar surface area (TPSA) is 91.0 Å². The zero-order valence-corrected chi connectivity index (χ0v) is 19.0. The van der Waals surface area contributed by atoms with E-state index in [9.17, 15) is 13.6 Å². The van der Waals surface area contributed by atoms with Crippen LogP contribution in [0.3, 0.4) is 0 Å². The SMILES string of the molecule is Cc1nc2c(C3CCC(F)(F)CC3)nc(N3CCO[C@H](c4cnn(C)c4)C3)nc2c(=O)n1C. The van der Waals surface area contributed by atoms with Crippen LogP contribution in [0.1, 0.15) is 54.8 Å². The first kappa shape index (κ1) is 21.9. The van der Waals surface area contributed by atoms with E-state index in [0.29, 0.717) is 55.5 Å². The number of morpholine rings is 1. The van der Waals surface area contributed by atoms with Crippen molar-refractivity contribution in [3.8, 4) is 0 Å². The van der Waals surface area contributed by atoms with Crippen LogP contribution in [0.2, 0.25) is 0 Å². The van der Waals surface area contributed by atoms with Gasteiger partial charge in [-0.25, -0.2) is 23.7 Å². The van der Waals surface area contributed by atoms with E-state index in [1.807, 2.05) is 18.1 Å². The van der Waals surface area contributed by atoms with Crippen molar-refractivity contribution in [3.05, 3.63) is 39.8 Å². The van der Waals surface area contributed by atoms with Gasteiger partial charge in [0, 0.05) is 51.2 Å². The molecule has 1 saturated carbocycles. The average molecular weight is 460 g/mol. The molecule has 0 N–H and O–H groups in total. The zero-order valence-electron chi connectivity index (χ0n) is 19.0. The quantitative estimate of drug-likeness (QED) is 0.595. The molecule has 1 aliphatic heterocycles. The molecule has 0 bridgehead atoms. The molecular formula is C22H27F2N7O2. The lowest BCUT2D eigenvalue weighted by atomic mass is 9.84. The minimum Gasteiger partial charge on any atom is -0.370 e. The van der Waals surface area contributed by atoms with E-state index in [0.717, 1.165) is 5.56 Å². The molecule has 176 valence electrons. The summed E-state index contributed by atoms with van der Waals surface area (Å²) in [4.78, 5) is 29.1. The Kier molecular flexibility index (Phi) is 5.38. The summed E-state index contributed by atoms with van der Waals surface area (Å²) in [7, 11) is 3.50. The largest absolute Gasteiger partial charge is 0.370 e. The standard InChI is InChI=1S/C22H27F2N7O2/c1-13-26-18-17(14-4-6-22(23,24)7-5-14)27-21(28-19(18)20(32)30(13)3)31-8-9-33-16(12-31)15-10-25-29(2)11-15/h10-11,14,16H,4-9,12H2,1-3H3/t16-/m0/s1. The number of hydrogen-bond donors (Lipinski definition) is 0. The summed E-state index contributed by atoms with van der Waals surface area (Å²) in [6.07, 6.45) is 3.69. The van der Waals surface area contributed by atoms with Crippen LogP contribution in [-0.4, -0.2) is 54.9 Å². The lowest BCUT2D eigenvalue weighted by Crippen LogP contribution is -2.40. The van der Waals surface area contributed by atoms with Gasteiger partial charge in [-0.15, -0.1) is 0 Å². The van der Waals surface area contributed by atoms with E-state index < -0.39 is 5.92 Å². The molecule has 3 aromatic heterocycles. The van der Waals surface area contributed by atoms with Crippen molar-refractivity contribution in [2.75, 3.05) is 24.6 Å². The third kappa shape index (κ3) is 4.09. The number of rotatable bonds is 3. The summed E-state index contributed by atoms with van der Waals surface area (Å²) in [6.45, 7) is 3.27. The van der Waals surface area contributed by atoms with Crippen LogP contribution in [0.25, 0.3) is 11.0 Å². The lowest BCUT2D eigenvalue weighted by Gasteiger charge is -2.33. The van der Waals surface area contributed by atoms with Crippen molar-refractivity contribution in [2.24, 2.45) is 14.1 Å². The maximum absolute atomic E-state index is 13.8.